The maximum absolute atomic E-state index is 14.0. The minimum Gasteiger partial charge on any atom is -0.494 e. The highest BCUT2D eigenvalue weighted by atomic mass is 19.1. The summed E-state index contributed by atoms with van der Waals surface area (Å²) < 4.78 is 20.5. The maximum Gasteiger partial charge on any atom is 0.269 e. The van der Waals surface area contributed by atoms with Crippen molar-refractivity contribution < 1.29 is 9.13 Å². The largest absolute Gasteiger partial charge is 0.494 e. The zero-order valence-corrected chi connectivity index (χ0v) is 13.8. The number of ether oxygens (including phenoxy) is 1. The van der Waals surface area contributed by atoms with E-state index in [-0.39, 0.29) is 11.3 Å². The van der Waals surface area contributed by atoms with Crippen LogP contribution in [-0.4, -0.2) is 23.4 Å². The summed E-state index contributed by atoms with van der Waals surface area (Å²) in [5, 5.41) is 4.45. The first-order chi connectivity index (χ1) is 11.6. The Morgan fingerprint density at radius 2 is 2.17 bits per heavy atom. The van der Waals surface area contributed by atoms with E-state index in [9.17, 15) is 9.18 Å². The molecular weight excluding hydrogens is 309 g/mol. The van der Waals surface area contributed by atoms with Crippen molar-refractivity contribution in [2.24, 2.45) is 11.7 Å². The van der Waals surface area contributed by atoms with Gasteiger partial charge in [0.1, 0.15) is 0 Å². The van der Waals surface area contributed by atoms with E-state index in [4.69, 9.17) is 10.5 Å². The summed E-state index contributed by atoms with van der Waals surface area (Å²) in [5.74, 6) is 0.272. The summed E-state index contributed by atoms with van der Waals surface area (Å²) in [5.41, 5.74) is 7.42. The van der Waals surface area contributed by atoms with Crippen molar-refractivity contribution in [1.82, 2.24) is 9.78 Å². The molecule has 24 heavy (non-hydrogen) atoms. The van der Waals surface area contributed by atoms with Gasteiger partial charge in [-0.05, 0) is 62.4 Å². The lowest BCUT2D eigenvalue weighted by Crippen LogP contribution is -2.27. The molecule has 1 heterocycles. The van der Waals surface area contributed by atoms with Crippen molar-refractivity contribution in [3.63, 3.8) is 0 Å². The van der Waals surface area contributed by atoms with Crippen molar-refractivity contribution in [1.29, 1.82) is 0 Å². The van der Waals surface area contributed by atoms with Crippen molar-refractivity contribution in [2.75, 3.05) is 13.7 Å². The smallest absolute Gasteiger partial charge is 0.269 e. The quantitative estimate of drug-likeness (QED) is 0.845. The van der Waals surface area contributed by atoms with Crippen molar-refractivity contribution in [2.45, 2.75) is 32.2 Å². The second kappa shape index (κ2) is 7.13. The van der Waals surface area contributed by atoms with Gasteiger partial charge in [-0.1, -0.05) is 0 Å². The van der Waals surface area contributed by atoms with Crippen LogP contribution in [0.5, 0.6) is 5.75 Å². The highest BCUT2D eigenvalue weighted by Gasteiger charge is 2.23. The predicted molar refractivity (Wildman–Crippen MR) is 90.5 cm³/mol. The van der Waals surface area contributed by atoms with E-state index in [0.717, 1.165) is 19.3 Å². The summed E-state index contributed by atoms with van der Waals surface area (Å²) in [6, 6.07) is 6.47. The van der Waals surface area contributed by atoms with Crippen LogP contribution in [0.25, 0.3) is 11.3 Å². The molecule has 0 atom stereocenters. The van der Waals surface area contributed by atoms with Gasteiger partial charge in [-0.15, -0.1) is 0 Å². The first-order valence-corrected chi connectivity index (χ1v) is 8.27. The monoisotopic (exact) mass is 331 g/mol. The highest BCUT2D eigenvalue weighted by molar-refractivity contribution is 5.60. The summed E-state index contributed by atoms with van der Waals surface area (Å²) in [6.07, 6.45) is 3.61. The summed E-state index contributed by atoms with van der Waals surface area (Å²) in [6.45, 7) is 1.15. The van der Waals surface area contributed by atoms with E-state index in [1.165, 1.54) is 17.9 Å². The van der Waals surface area contributed by atoms with Crippen molar-refractivity contribution in [3.05, 3.63) is 46.0 Å². The molecule has 5 nitrogen and oxygen atoms in total. The van der Waals surface area contributed by atoms with Crippen LogP contribution in [0.2, 0.25) is 0 Å². The molecule has 1 aliphatic carbocycles. The van der Waals surface area contributed by atoms with Crippen LogP contribution in [0.1, 0.15) is 24.8 Å². The molecule has 2 N–H and O–H groups in total. The Hall–Kier alpha value is -2.21. The number of nitrogens with zero attached hydrogens (tertiary/aromatic N) is 2. The molecule has 0 amide bonds. The van der Waals surface area contributed by atoms with E-state index in [1.54, 1.807) is 18.2 Å². The van der Waals surface area contributed by atoms with Crippen molar-refractivity contribution in [3.8, 4) is 17.0 Å². The molecule has 1 aliphatic rings. The van der Waals surface area contributed by atoms with Gasteiger partial charge in [-0.25, -0.2) is 9.07 Å². The van der Waals surface area contributed by atoms with Crippen LogP contribution in [-0.2, 0) is 13.0 Å². The van der Waals surface area contributed by atoms with Crippen LogP contribution < -0.4 is 16.0 Å². The third-order valence-corrected chi connectivity index (χ3v) is 4.27. The number of aryl methyl sites for hydroxylation is 1. The zero-order valence-electron chi connectivity index (χ0n) is 13.8. The van der Waals surface area contributed by atoms with Gasteiger partial charge in [-0.3, -0.25) is 4.79 Å². The Morgan fingerprint density at radius 3 is 2.79 bits per heavy atom. The third kappa shape index (κ3) is 3.64. The molecule has 3 rings (SSSR count). The Bertz CT molecular complexity index is 784. The lowest BCUT2D eigenvalue weighted by Gasteiger charge is -2.11. The number of hydrogen-bond donors (Lipinski definition) is 1. The number of hydrogen-bond acceptors (Lipinski definition) is 4. The lowest BCUT2D eigenvalue weighted by atomic mass is 10.1. The molecule has 0 aliphatic heterocycles. The van der Waals surface area contributed by atoms with Gasteiger partial charge in [-0.2, -0.15) is 5.10 Å². The fraction of sp³-hybridized carbons (Fsp3) is 0.444. The molecule has 128 valence electrons. The molecule has 1 saturated carbocycles. The highest BCUT2D eigenvalue weighted by Crippen LogP contribution is 2.30. The predicted octanol–water partition coefficient (Wildman–Crippen LogP) is 2.36. The normalized spacial score (nSPS) is 14.0. The molecule has 1 aromatic carbocycles. The van der Waals surface area contributed by atoms with E-state index >= 15 is 0 Å². The van der Waals surface area contributed by atoms with E-state index < -0.39 is 5.82 Å². The van der Waals surface area contributed by atoms with E-state index in [0.29, 0.717) is 42.2 Å². The molecule has 1 aromatic heterocycles. The second-order valence-electron chi connectivity index (χ2n) is 6.23. The molecule has 0 radical (unpaired) electrons. The number of rotatable bonds is 7. The summed E-state index contributed by atoms with van der Waals surface area (Å²) in [7, 11) is 1.43. The molecule has 0 spiro atoms. The maximum atomic E-state index is 14.0. The minimum atomic E-state index is -0.444. The molecule has 2 aromatic rings. The topological polar surface area (TPSA) is 70.1 Å². The van der Waals surface area contributed by atoms with Gasteiger partial charge in [0.05, 0.1) is 12.8 Å². The van der Waals surface area contributed by atoms with E-state index in [2.05, 4.69) is 5.10 Å². The molecule has 6 heteroatoms. The molecule has 1 fully saturated rings. The summed E-state index contributed by atoms with van der Waals surface area (Å²) >= 11 is 0. The fourth-order valence-electron chi connectivity index (χ4n) is 2.70. The van der Waals surface area contributed by atoms with Crippen LogP contribution >= 0.6 is 0 Å². The van der Waals surface area contributed by atoms with Gasteiger partial charge in [0, 0.05) is 17.7 Å². The zero-order chi connectivity index (χ0) is 17.1. The van der Waals surface area contributed by atoms with Gasteiger partial charge in [0.2, 0.25) is 0 Å². The Morgan fingerprint density at radius 1 is 1.38 bits per heavy atom. The lowest BCUT2D eigenvalue weighted by molar-refractivity contribution is 0.386. The SMILES string of the molecule is COc1ccc(-c2cc(CCCN)c(=O)n(CC3CC3)n2)cc1F. The molecule has 0 saturated heterocycles. The second-order valence-corrected chi connectivity index (χ2v) is 6.23. The van der Waals surface area contributed by atoms with Crippen LogP contribution in [0.3, 0.4) is 0 Å². The average Bonchev–Trinajstić information content (AvgIpc) is 3.39. The van der Waals surface area contributed by atoms with Crippen LogP contribution in [0.15, 0.2) is 29.1 Å². The Labute approximate surface area is 140 Å². The molecule has 0 unspecified atom stereocenters. The number of nitrogens with two attached hydrogens (primary N) is 1. The summed E-state index contributed by atoms with van der Waals surface area (Å²) in [4.78, 5) is 12.6. The van der Waals surface area contributed by atoms with Gasteiger partial charge in [0.25, 0.3) is 5.56 Å². The van der Waals surface area contributed by atoms with Crippen LogP contribution in [0, 0.1) is 11.7 Å². The number of methoxy groups -OCH3 is 1. The van der Waals surface area contributed by atoms with Crippen molar-refractivity contribution >= 4 is 0 Å². The van der Waals surface area contributed by atoms with Gasteiger partial charge >= 0.3 is 0 Å². The Balaban J connectivity index is 2.02. The van der Waals surface area contributed by atoms with Gasteiger partial charge < -0.3 is 10.5 Å². The van der Waals surface area contributed by atoms with Gasteiger partial charge in [0.15, 0.2) is 11.6 Å². The number of halogens is 1. The van der Waals surface area contributed by atoms with Crippen LogP contribution in [0.4, 0.5) is 4.39 Å². The first-order valence-electron chi connectivity index (χ1n) is 8.27. The Kier molecular flexibility index (Phi) is 4.94. The third-order valence-electron chi connectivity index (χ3n) is 4.27. The fourth-order valence-corrected chi connectivity index (χ4v) is 2.70. The molecular formula is C18H22FN3O2. The number of aromatic nitrogens is 2. The molecule has 0 bridgehead atoms. The average molecular weight is 331 g/mol. The standard InChI is InChI=1S/C18H22FN3O2/c1-24-17-7-6-13(9-15(17)19)16-10-14(3-2-8-20)18(23)22(21-16)11-12-4-5-12/h6-7,9-10,12H,2-5,8,11,20H2,1H3. The van der Waals surface area contributed by atoms with E-state index in [1.807, 2.05) is 0 Å². The minimum absolute atomic E-state index is 0.0620. The number of benzene rings is 1. The first kappa shape index (κ1) is 16.6.